The van der Waals surface area contributed by atoms with Crippen molar-refractivity contribution >= 4 is 5.97 Å². The average molecular weight is 239 g/mol. The number of carbonyl (C=O) groups is 1. The van der Waals surface area contributed by atoms with Crippen molar-refractivity contribution in [3.8, 4) is 0 Å². The van der Waals surface area contributed by atoms with Gasteiger partial charge in [-0.25, -0.2) is 4.79 Å². The van der Waals surface area contributed by atoms with Gasteiger partial charge in [-0.2, -0.15) is 0 Å². The van der Waals surface area contributed by atoms with Crippen molar-refractivity contribution in [1.82, 2.24) is 4.90 Å². The molecule has 4 heteroatoms. The molecule has 0 saturated heterocycles. The average Bonchev–Trinajstić information content (AvgIpc) is 2.76. The van der Waals surface area contributed by atoms with Crippen LogP contribution in [-0.4, -0.2) is 29.1 Å². The molecule has 2 unspecified atom stereocenters. The van der Waals surface area contributed by atoms with E-state index in [9.17, 15) is 4.79 Å². The van der Waals surface area contributed by atoms with Crippen molar-refractivity contribution in [3.63, 3.8) is 0 Å². The van der Waals surface area contributed by atoms with Crippen molar-refractivity contribution in [2.24, 2.45) is 0 Å². The standard InChI is InChI=1S/C13H21NO3/c1-5-6-9(2)14(4)10(3)11-7-8-12(17-11)13(15)16/h7-10H,5-6H2,1-4H3,(H,15,16). The van der Waals surface area contributed by atoms with Crippen molar-refractivity contribution in [2.75, 3.05) is 7.05 Å². The predicted octanol–water partition coefficient (Wildman–Crippen LogP) is 3.16. The van der Waals surface area contributed by atoms with Gasteiger partial charge in [0.1, 0.15) is 5.76 Å². The van der Waals surface area contributed by atoms with E-state index in [1.807, 2.05) is 14.0 Å². The van der Waals surface area contributed by atoms with Gasteiger partial charge in [0.2, 0.25) is 5.76 Å². The molecule has 0 amide bonds. The fourth-order valence-electron chi connectivity index (χ4n) is 1.90. The first-order valence-corrected chi connectivity index (χ1v) is 6.02. The molecule has 0 radical (unpaired) electrons. The molecule has 0 spiro atoms. The van der Waals surface area contributed by atoms with Crippen LogP contribution >= 0.6 is 0 Å². The van der Waals surface area contributed by atoms with Gasteiger partial charge in [0.15, 0.2) is 0 Å². The molecule has 0 aromatic carbocycles. The molecule has 1 aromatic rings. The number of rotatable bonds is 6. The molecule has 0 bridgehead atoms. The molecule has 0 aliphatic carbocycles. The van der Waals surface area contributed by atoms with Gasteiger partial charge in [-0.3, -0.25) is 4.90 Å². The van der Waals surface area contributed by atoms with Crippen LogP contribution in [0.25, 0.3) is 0 Å². The van der Waals surface area contributed by atoms with Crippen LogP contribution in [-0.2, 0) is 0 Å². The fraction of sp³-hybridized carbons (Fsp3) is 0.615. The third-order valence-corrected chi connectivity index (χ3v) is 3.26. The third kappa shape index (κ3) is 3.33. The summed E-state index contributed by atoms with van der Waals surface area (Å²) in [5.74, 6) is -0.316. The van der Waals surface area contributed by atoms with Gasteiger partial charge in [-0.15, -0.1) is 0 Å². The van der Waals surface area contributed by atoms with E-state index in [-0.39, 0.29) is 11.8 Å². The van der Waals surface area contributed by atoms with E-state index < -0.39 is 5.97 Å². The van der Waals surface area contributed by atoms with E-state index in [4.69, 9.17) is 9.52 Å². The number of carboxylic acids is 1. The third-order valence-electron chi connectivity index (χ3n) is 3.26. The lowest BCUT2D eigenvalue weighted by molar-refractivity contribution is 0.0655. The van der Waals surface area contributed by atoms with Gasteiger partial charge in [0, 0.05) is 6.04 Å². The van der Waals surface area contributed by atoms with Crippen molar-refractivity contribution in [3.05, 3.63) is 23.7 Å². The van der Waals surface area contributed by atoms with E-state index in [0.29, 0.717) is 11.8 Å². The molecule has 1 N–H and O–H groups in total. The number of carboxylic acid groups (broad SMARTS) is 1. The maximum Gasteiger partial charge on any atom is 0.371 e. The molecular formula is C13H21NO3. The Labute approximate surface area is 102 Å². The smallest absolute Gasteiger partial charge is 0.371 e. The van der Waals surface area contributed by atoms with Crippen molar-refractivity contribution in [2.45, 2.75) is 45.7 Å². The van der Waals surface area contributed by atoms with Crippen molar-refractivity contribution in [1.29, 1.82) is 0 Å². The lowest BCUT2D eigenvalue weighted by atomic mass is 10.1. The number of hydrogen-bond donors (Lipinski definition) is 1. The molecule has 0 aliphatic heterocycles. The maximum atomic E-state index is 10.7. The van der Waals surface area contributed by atoms with Crippen molar-refractivity contribution < 1.29 is 14.3 Å². The molecule has 1 aromatic heterocycles. The molecule has 0 aliphatic rings. The zero-order chi connectivity index (χ0) is 13.0. The summed E-state index contributed by atoms with van der Waals surface area (Å²) in [5, 5.41) is 8.80. The summed E-state index contributed by atoms with van der Waals surface area (Å²) in [6.45, 7) is 6.35. The summed E-state index contributed by atoms with van der Waals surface area (Å²) >= 11 is 0. The summed E-state index contributed by atoms with van der Waals surface area (Å²) in [7, 11) is 2.04. The molecule has 2 atom stereocenters. The van der Waals surface area contributed by atoms with Crippen LogP contribution in [0.5, 0.6) is 0 Å². The molecule has 4 nitrogen and oxygen atoms in total. The largest absolute Gasteiger partial charge is 0.475 e. The first kappa shape index (κ1) is 13.8. The normalized spacial score (nSPS) is 14.9. The second-order valence-corrected chi connectivity index (χ2v) is 4.49. The number of furan rings is 1. The first-order valence-electron chi connectivity index (χ1n) is 6.02. The fourth-order valence-corrected chi connectivity index (χ4v) is 1.90. The Morgan fingerprint density at radius 1 is 1.47 bits per heavy atom. The lowest BCUT2D eigenvalue weighted by Crippen LogP contribution is -2.31. The highest BCUT2D eigenvalue weighted by Gasteiger charge is 2.20. The molecular weight excluding hydrogens is 218 g/mol. The van der Waals surface area contributed by atoms with E-state index in [2.05, 4.69) is 18.7 Å². The van der Waals surface area contributed by atoms with E-state index in [1.54, 1.807) is 6.07 Å². The Morgan fingerprint density at radius 3 is 2.59 bits per heavy atom. The number of aromatic carboxylic acids is 1. The Hall–Kier alpha value is -1.29. The van der Waals surface area contributed by atoms with Gasteiger partial charge in [-0.1, -0.05) is 13.3 Å². The molecule has 1 heterocycles. The van der Waals surface area contributed by atoms with Crippen LogP contribution < -0.4 is 0 Å². The van der Waals surface area contributed by atoms with Crippen LogP contribution in [0.3, 0.4) is 0 Å². The first-order chi connectivity index (χ1) is 7.97. The van der Waals surface area contributed by atoms with Gasteiger partial charge in [0.25, 0.3) is 0 Å². The highest BCUT2D eigenvalue weighted by molar-refractivity contribution is 5.84. The summed E-state index contributed by atoms with van der Waals surface area (Å²) in [4.78, 5) is 12.9. The Bertz CT molecular complexity index is 372. The van der Waals surface area contributed by atoms with Gasteiger partial charge in [-0.05, 0) is 39.4 Å². The molecule has 0 fully saturated rings. The van der Waals surface area contributed by atoms with Crippen LogP contribution in [0.15, 0.2) is 16.5 Å². The van der Waals surface area contributed by atoms with Crippen LogP contribution in [0.1, 0.15) is 56.0 Å². The minimum atomic E-state index is -1.02. The topological polar surface area (TPSA) is 53.7 Å². The highest BCUT2D eigenvalue weighted by Crippen LogP contribution is 2.24. The molecule has 0 saturated carbocycles. The summed E-state index contributed by atoms with van der Waals surface area (Å²) in [5.41, 5.74) is 0. The Kier molecular flexibility index (Phi) is 4.75. The number of hydrogen-bond acceptors (Lipinski definition) is 3. The summed E-state index contributed by atoms with van der Waals surface area (Å²) in [6, 6.07) is 3.79. The quantitative estimate of drug-likeness (QED) is 0.828. The minimum absolute atomic E-state index is 0.00314. The van der Waals surface area contributed by atoms with Crippen LogP contribution in [0.4, 0.5) is 0 Å². The van der Waals surface area contributed by atoms with E-state index in [0.717, 1.165) is 12.8 Å². The monoisotopic (exact) mass is 239 g/mol. The maximum absolute atomic E-state index is 10.7. The zero-order valence-corrected chi connectivity index (χ0v) is 10.9. The zero-order valence-electron chi connectivity index (χ0n) is 10.9. The Morgan fingerprint density at radius 2 is 2.12 bits per heavy atom. The highest BCUT2D eigenvalue weighted by atomic mass is 16.4. The minimum Gasteiger partial charge on any atom is -0.475 e. The second kappa shape index (κ2) is 5.87. The molecule has 96 valence electrons. The molecule has 1 rings (SSSR count). The van der Waals surface area contributed by atoms with E-state index in [1.165, 1.54) is 6.07 Å². The summed E-state index contributed by atoms with van der Waals surface area (Å²) < 4.78 is 5.32. The lowest BCUT2D eigenvalue weighted by Gasteiger charge is -2.29. The Balaban J connectivity index is 2.73. The molecule has 17 heavy (non-hydrogen) atoms. The van der Waals surface area contributed by atoms with E-state index >= 15 is 0 Å². The predicted molar refractivity (Wildman–Crippen MR) is 66.2 cm³/mol. The summed E-state index contributed by atoms with van der Waals surface area (Å²) in [6.07, 6.45) is 2.25. The van der Waals surface area contributed by atoms with Crippen LogP contribution in [0.2, 0.25) is 0 Å². The van der Waals surface area contributed by atoms with Gasteiger partial charge < -0.3 is 9.52 Å². The van der Waals surface area contributed by atoms with Crippen LogP contribution in [0, 0.1) is 0 Å². The van der Waals surface area contributed by atoms with Gasteiger partial charge >= 0.3 is 5.97 Å². The number of nitrogens with zero attached hydrogens (tertiary/aromatic N) is 1. The SMILES string of the molecule is CCCC(C)N(C)C(C)c1ccc(C(=O)O)o1. The second-order valence-electron chi connectivity index (χ2n) is 4.49. The van der Waals surface area contributed by atoms with Gasteiger partial charge in [0.05, 0.1) is 6.04 Å².